The van der Waals surface area contributed by atoms with Crippen LogP contribution in [0.1, 0.15) is 13.8 Å². The average molecular weight is 340 g/mol. The first-order valence-corrected chi connectivity index (χ1v) is 6.42. The fourth-order valence-corrected chi connectivity index (χ4v) is 1.40. The van der Waals surface area contributed by atoms with Crippen molar-refractivity contribution in [2.45, 2.75) is 25.0 Å². The number of rotatable bonds is 4. The highest BCUT2D eigenvalue weighted by Gasteiger charge is 2.32. The van der Waals surface area contributed by atoms with Gasteiger partial charge in [0.05, 0.1) is 10.5 Å². The number of alkyl halides is 4. The summed E-state index contributed by atoms with van der Waals surface area (Å²) in [7, 11) is 0. The molecular weight excluding hydrogens is 327 g/mol. The topological polar surface area (TPSA) is 38.3 Å². The molecule has 0 saturated carbocycles. The average Bonchev–Trinajstić information content (AvgIpc) is 2.28. The minimum absolute atomic E-state index is 0.00990. The van der Waals surface area contributed by atoms with Gasteiger partial charge >= 0.3 is 6.36 Å². The molecule has 0 saturated heterocycles. The Labute approximate surface area is 117 Å². The summed E-state index contributed by atoms with van der Waals surface area (Å²) in [5.41, 5.74) is -0.0186. The van der Waals surface area contributed by atoms with E-state index in [0.29, 0.717) is 0 Å². The second-order valence-corrected chi connectivity index (χ2v) is 5.17. The van der Waals surface area contributed by atoms with Gasteiger partial charge in [-0.15, -0.1) is 13.2 Å². The zero-order valence-corrected chi connectivity index (χ0v) is 11.9. The van der Waals surface area contributed by atoms with Crippen molar-refractivity contribution in [1.82, 2.24) is 0 Å². The number of carbonyl (C=O) groups is 1. The molecule has 0 radical (unpaired) electrons. The highest BCUT2D eigenvalue weighted by Crippen LogP contribution is 2.30. The maximum absolute atomic E-state index is 12.2. The van der Waals surface area contributed by atoms with Gasteiger partial charge in [0.2, 0.25) is 5.91 Å². The number of hydrogen-bond acceptors (Lipinski definition) is 2. The summed E-state index contributed by atoms with van der Waals surface area (Å²) < 4.78 is 40.4. The van der Waals surface area contributed by atoms with Crippen LogP contribution in [0.5, 0.6) is 5.75 Å². The molecule has 1 rings (SSSR count). The third kappa shape index (κ3) is 5.10. The van der Waals surface area contributed by atoms with Crippen LogP contribution in [-0.2, 0) is 4.79 Å². The maximum Gasteiger partial charge on any atom is 0.573 e. The van der Waals surface area contributed by atoms with E-state index in [9.17, 15) is 18.0 Å². The number of nitrogens with one attached hydrogen (secondary N) is 1. The first-order chi connectivity index (χ1) is 8.70. The van der Waals surface area contributed by atoms with E-state index in [2.05, 4.69) is 26.0 Å². The fraction of sp³-hybridized carbons (Fsp3) is 0.417. The molecule has 1 N–H and O–H groups in total. The fourth-order valence-electron chi connectivity index (χ4n) is 1.29. The quantitative estimate of drug-likeness (QED) is 0.843. The smallest absolute Gasteiger partial charge is 0.404 e. The lowest BCUT2D eigenvalue weighted by Crippen LogP contribution is -2.27. The summed E-state index contributed by atoms with van der Waals surface area (Å²) in [6.45, 7) is 3.63. The molecule has 1 aromatic rings. The number of benzene rings is 1. The van der Waals surface area contributed by atoms with Crippen molar-refractivity contribution in [3.8, 4) is 5.75 Å². The van der Waals surface area contributed by atoms with E-state index in [1.165, 1.54) is 18.2 Å². The second-order valence-electron chi connectivity index (χ2n) is 4.18. The number of hydrogen-bond donors (Lipinski definition) is 1. The summed E-state index contributed by atoms with van der Waals surface area (Å²) in [5.74, 6) is -0.851. The van der Waals surface area contributed by atoms with E-state index in [-0.39, 0.29) is 11.6 Å². The van der Waals surface area contributed by atoms with Crippen LogP contribution < -0.4 is 10.1 Å². The molecule has 7 heteroatoms. The van der Waals surface area contributed by atoms with E-state index >= 15 is 0 Å². The normalized spacial score (nSPS) is 13.2. The number of ether oxygens (including phenoxy) is 1. The zero-order valence-electron chi connectivity index (χ0n) is 10.3. The molecule has 1 unspecified atom stereocenters. The van der Waals surface area contributed by atoms with Gasteiger partial charge in [0.1, 0.15) is 0 Å². The van der Waals surface area contributed by atoms with Crippen molar-refractivity contribution >= 4 is 27.5 Å². The predicted molar refractivity (Wildman–Crippen MR) is 69.3 cm³/mol. The van der Waals surface area contributed by atoms with Crippen LogP contribution in [0.3, 0.4) is 0 Å². The summed E-state index contributed by atoms with van der Waals surface area (Å²) >= 11 is 3.18. The van der Waals surface area contributed by atoms with Gasteiger partial charge < -0.3 is 10.1 Å². The minimum Gasteiger partial charge on any atom is -0.404 e. The Balaban J connectivity index is 2.87. The van der Waals surface area contributed by atoms with Crippen molar-refractivity contribution in [1.29, 1.82) is 0 Å². The minimum atomic E-state index is -4.80. The molecule has 0 aliphatic heterocycles. The van der Waals surface area contributed by atoms with Gasteiger partial charge in [-0.1, -0.05) is 41.9 Å². The SMILES string of the molecule is CC(C)C(Br)C(=O)Nc1ccccc1OC(F)(F)F. The number of anilines is 1. The molecule has 0 fully saturated rings. The van der Waals surface area contributed by atoms with Crippen molar-refractivity contribution in [3.63, 3.8) is 0 Å². The van der Waals surface area contributed by atoms with Crippen LogP contribution in [0.4, 0.5) is 18.9 Å². The molecule has 1 atom stereocenters. The molecule has 0 aromatic heterocycles. The third-order valence-corrected chi connectivity index (χ3v) is 3.68. The van der Waals surface area contributed by atoms with Gasteiger partial charge in [0, 0.05) is 0 Å². The van der Waals surface area contributed by atoms with Gasteiger partial charge in [-0.2, -0.15) is 0 Å². The van der Waals surface area contributed by atoms with Gasteiger partial charge in [0.25, 0.3) is 0 Å². The highest BCUT2D eigenvalue weighted by atomic mass is 79.9. The van der Waals surface area contributed by atoms with Crippen LogP contribution in [0.25, 0.3) is 0 Å². The van der Waals surface area contributed by atoms with E-state index < -0.39 is 22.8 Å². The molecule has 0 aliphatic carbocycles. The Kier molecular flexibility index (Phi) is 5.22. The Bertz CT molecular complexity index is 449. The molecule has 106 valence electrons. The zero-order chi connectivity index (χ0) is 14.6. The van der Waals surface area contributed by atoms with Crippen molar-refractivity contribution in [3.05, 3.63) is 24.3 Å². The molecule has 19 heavy (non-hydrogen) atoms. The van der Waals surface area contributed by atoms with Crippen molar-refractivity contribution < 1.29 is 22.7 Å². The number of carbonyl (C=O) groups excluding carboxylic acids is 1. The van der Waals surface area contributed by atoms with Gasteiger partial charge in [-0.25, -0.2) is 0 Å². The summed E-state index contributed by atoms with van der Waals surface area (Å²) in [6.07, 6.45) is -4.80. The van der Waals surface area contributed by atoms with Crippen LogP contribution in [0.2, 0.25) is 0 Å². The molecule has 3 nitrogen and oxygen atoms in total. The Morgan fingerprint density at radius 2 is 1.89 bits per heavy atom. The lowest BCUT2D eigenvalue weighted by atomic mass is 10.1. The predicted octanol–water partition coefficient (Wildman–Crippen LogP) is 3.94. The van der Waals surface area contributed by atoms with E-state index in [0.717, 1.165) is 6.07 Å². The number of halogens is 4. The lowest BCUT2D eigenvalue weighted by Gasteiger charge is -2.17. The van der Waals surface area contributed by atoms with Crippen molar-refractivity contribution in [2.24, 2.45) is 5.92 Å². The molecular formula is C12H13BrF3NO2. The molecule has 0 heterocycles. The summed E-state index contributed by atoms with van der Waals surface area (Å²) in [4.78, 5) is 11.3. The lowest BCUT2D eigenvalue weighted by molar-refractivity contribution is -0.274. The number of amides is 1. The first kappa shape index (κ1) is 15.8. The molecule has 0 aliphatic rings. The third-order valence-electron chi connectivity index (χ3n) is 2.21. The Hall–Kier alpha value is -1.24. The van der Waals surface area contributed by atoms with E-state index in [1.54, 1.807) is 0 Å². The van der Waals surface area contributed by atoms with Crippen molar-refractivity contribution in [2.75, 3.05) is 5.32 Å². The van der Waals surface area contributed by atoms with Gasteiger partial charge in [0.15, 0.2) is 5.75 Å². The van der Waals surface area contributed by atoms with Crippen LogP contribution >= 0.6 is 15.9 Å². The molecule has 1 amide bonds. The first-order valence-electron chi connectivity index (χ1n) is 5.50. The van der Waals surface area contributed by atoms with E-state index in [1.807, 2.05) is 13.8 Å². The van der Waals surface area contributed by atoms with E-state index in [4.69, 9.17) is 0 Å². The molecule has 1 aromatic carbocycles. The standard InChI is InChI=1S/C12H13BrF3NO2/c1-7(2)10(13)11(18)17-8-5-3-4-6-9(8)19-12(14,15)16/h3-7,10H,1-2H3,(H,17,18). The second kappa shape index (κ2) is 6.27. The van der Waals surface area contributed by atoms with Crippen LogP contribution in [0.15, 0.2) is 24.3 Å². The molecule has 0 bridgehead atoms. The summed E-state index contributed by atoms with van der Waals surface area (Å²) in [6, 6.07) is 5.39. The van der Waals surface area contributed by atoms with Crippen LogP contribution in [0, 0.1) is 5.92 Å². The summed E-state index contributed by atoms with van der Waals surface area (Å²) in [5, 5.41) is 2.40. The van der Waals surface area contributed by atoms with Gasteiger partial charge in [-0.05, 0) is 18.1 Å². The maximum atomic E-state index is 12.2. The van der Waals surface area contributed by atoms with Crippen LogP contribution in [-0.4, -0.2) is 17.1 Å². The number of para-hydroxylation sites is 2. The molecule has 0 spiro atoms. The Morgan fingerprint density at radius 1 is 1.32 bits per heavy atom. The monoisotopic (exact) mass is 339 g/mol. The van der Waals surface area contributed by atoms with Gasteiger partial charge in [-0.3, -0.25) is 4.79 Å². The Morgan fingerprint density at radius 3 is 2.42 bits per heavy atom. The largest absolute Gasteiger partial charge is 0.573 e. The highest BCUT2D eigenvalue weighted by molar-refractivity contribution is 9.10.